The Balaban J connectivity index is 2.39. The van der Waals surface area contributed by atoms with Gasteiger partial charge in [0.15, 0.2) is 0 Å². The monoisotopic (exact) mass is 253 g/mol. The molecule has 2 rings (SSSR count). The highest BCUT2D eigenvalue weighted by Gasteiger charge is 2.41. The van der Waals surface area contributed by atoms with Crippen molar-refractivity contribution < 1.29 is 13.9 Å². The fraction of sp³-hybridized carbons (Fsp3) is 0.571. The summed E-state index contributed by atoms with van der Waals surface area (Å²) in [7, 11) is 3.55. The number of fused-ring (bicyclic) bond motifs is 1. The molecule has 1 aliphatic rings. The van der Waals surface area contributed by atoms with Gasteiger partial charge in [0.25, 0.3) is 0 Å². The Labute approximate surface area is 107 Å². The van der Waals surface area contributed by atoms with E-state index in [0.29, 0.717) is 0 Å². The van der Waals surface area contributed by atoms with E-state index in [1.165, 1.54) is 12.1 Å². The number of halogens is 1. The maximum absolute atomic E-state index is 13.3. The molecule has 18 heavy (non-hydrogen) atoms. The summed E-state index contributed by atoms with van der Waals surface area (Å²) in [4.78, 5) is 0. The fourth-order valence-electron chi connectivity index (χ4n) is 2.45. The normalized spacial score (nSPS) is 28.4. The standard InChI is InChI=1S/C14H20FNO2/c1-9(17-4)14(2)8-12(16-3)11-7-10(15)5-6-13(11)18-14/h5-7,9,12,16H,8H2,1-4H3. The minimum atomic E-state index is -0.409. The van der Waals surface area contributed by atoms with Crippen LogP contribution in [0, 0.1) is 5.82 Å². The molecule has 1 heterocycles. The second kappa shape index (κ2) is 4.86. The van der Waals surface area contributed by atoms with E-state index in [1.54, 1.807) is 13.2 Å². The van der Waals surface area contributed by atoms with Gasteiger partial charge < -0.3 is 14.8 Å². The molecule has 0 amide bonds. The van der Waals surface area contributed by atoms with Gasteiger partial charge in [-0.2, -0.15) is 0 Å². The van der Waals surface area contributed by atoms with Crippen LogP contribution in [0.3, 0.4) is 0 Å². The summed E-state index contributed by atoms with van der Waals surface area (Å²) in [6.07, 6.45) is 0.709. The number of benzene rings is 1. The summed E-state index contributed by atoms with van der Waals surface area (Å²) in [5.41, 5.74) is 0.464. The first-order valence-corrected chi connectivity index (χ1v) is 6.18. The van der Waals surface area contributed by atoms with Crippen molar-refractivity contribution >= 4 is 0 Å². The van der Waals surface area contributed by atoms with Crippen molar-refractivity contribution in [1.82, 2.24) is 5.32 Å². The lowest BCUT2D eigenvalue weighted by Crippen LogP contribution is -2.49. The molecule has 100 valence electrons. The van der Waals surface area contributed by atoms with Crippen molar-refractivity contribution in [3.8, 4) is 5.75 Å². The van der Waals surface area contributed by atoms with E-state index >= 15 is 0 Å². The van der Waals surface area contributed by atoms with Gasteiger partial charge in [-0.25, -0.2) is 4.39 Å². The largest absolute Gasteiger partial charge is 0.484 e. The Morgan fingerprint density at radius 2 is 2.28 bits per heavy atom. The molecule has 1 aromatic carbocycles. The SMILES string of the molecule is CNC1CC(C)(C(C)OC)Oc2ccc(F)cc21. The van der Waals surface area contributed by atoms with E-state index in [4.69, 9.17) is 9.47 Å². The summed E-state index contributed by atoms with van der Waals surface area (Å²) >= 11 is 0. The van der Waals surface area contributed by atoms with E-state index in [2.05, 4.69) is 5.32 Å². The van der Waals surface area contributed by atoms with E-state index in [9.17, 15) is 4.39 Å². The highest BCUT2D eigenvalue weighted by atomic mass is 19.1. The number of nitrogens with one attached hydrogen (secondary N) is 1. The summed E-state index contributed by atoms with van der Waals surface area (Å²) in [5, 5.41) is 3.22. The zero-order valence-electron chi connectivity index (χ0n) is 11.3. The lowest BCUT2D eigenvalue weighted by Gasteiger charge is -2.42. The number of methoxy groups -OCH3 is 1. The Kier molecular flexibility index (Phi) is 3.59. The summed E-state index contributed by atoms with van der Waals surface area (Å²) in [6, 6.07) is 4.73. The highest BCUT2D eigenvalue weighted by molar-refractivity contribution is 5.39. The molecule has 0 spiro atoms. The summed E-state index contributed by atoms with van der Waals surface area (Å²) < 4.78 is 24.7. The zero-order chi connectivity index (χ0) is 13.3. The lowest BCUT2D eigenvalue weighted by molar-refractivity contribution is -0.0728. The van der Waals surface area contributed by atoms with Crippen LogP contribution in [0.4, 0.5) is 4.39 Å². The third-order valence-electron chi connectivity index (χ3n) is 3.86. The molecule has 3 unspecified atom stereocenters. The summed E-state index contributed by atoms with van der Waals surface area (Å²) in [6.45, 7) is 4.01. The van der Waals surface area contributed by atoms with Gasteiger partial charge >= 0.3 is 0 Å². The predicted molar refractivity (Wildman–Crippen MR) is 68.3 cm³/mol. The van der Waals surface area contributed by atoms with Gasteiger partial charge in [0.2, 0.25) is 0 Å². The molecule has 0 aromatic heterocycles. The number of rotatable bonds is 3. The van der Waals surface area contributed by atoms with Crippen LogP contribution in [0.25, 0.3) is 0 Å². The van der Waals surface area contributed by atoms with Crippen molar-refractivity contribution in [1.29, 1.82) is 0 Å². The van der Waals surface area contributed by atoms with Crippen molar-refractivity contribution in [2.45, 2.75) is 38.0 Å². The quantitative estimate of drug-likeness (QED) is 0.898. The number of ether oxygens (including phenoxy) is 2. The van der Waals surface area contributed by atoms with E-state index in [1.807, 2.05) is 20.9 Å². The molecular weight excluding hydrogens is 233 g/mol. The van der Waals surface area contributed by atoms with Crippen LogP contribution in [-0.4, -0.2) is 25.9 Å². The van der Waals surface area contributed by atoms with E-state index in [0.717, 1.165) is 17.7 Å². The molecule has 1 aliphatic heterocycles. The fourth-order valence-corrected chi connectivity index (χ4v) is 2.45. The molecule has 3 nitrogen and oxygen atoms in total. The first kappa shape index (κ1) is 13.3. The number of hydrogen-bond acceptors (Lipinski definition) is 3. The molecule has 0 saturated carbocycles. The molecule has 0 bridgehead atoms. The molecule has 0 radical (unpaired) electrons. The Morgan fingerprint density at radius 1 is 1.56 bits per heavy atom. The van der Waals surface area contributed by atoms with E-state index in [-0.39, 0.29) is 18.0 Å². The second-order valence-electron chi connectivity index (χ2n) is 5.02. The first-order chi connectivity index (χ1) is 8.50. The first-order valence-electron chi connectivity index (χ1n) is 6.18. The third kappa shape index (κ3) is 2.22. The molecule has 0 fully saturated rings. The van der Waals surface area contributed by atoms with Crippen LogP contribution in [0.1, 0.15) is 31.9 Å². The average molecular weight is 253 g/mol. The van der Waals surface area contributed by atoms with Crippen LogP contribution in [0.2, 0.25) is 0 Å². The Morgan fingerprint density at radius 3 is 2.89 bits per heavy atom. The van der Waals surface area contributed by atoms with Crippen LogP contribution in [-0.2, 0) is 4.74 Å². The predicted octanol–water partition coefficient (Wildman–Crippen LogP) is 2.66. The van der Waals surface area contributed by atoms with Crippen molar-refractivity contribution in [3.63, 3.8) is 0 Å². The van der Waals surface area contributed by atoms with Crippen molar-refractivity contribution in [2.75, 3.05) is 14.2 Å². The topological polar surface area (TPSA) is 30.5 Å². The zero-order valence-corrected chi connectivity index (χ0v) is 11.3. The van der Waals surface area contributed by atoms with E-state index < -0.39 is 5.60 Å². The smallest absolute Gasteiger partial charge is 0.134 e. The minimum absolute atomic E-state index is 0.0356. The minimum Gasteiger partial charge on any atom is -0.484 e. The lowest BCUT2D eigenvalue weighted by atomic mass is 9.85. The third-order valence-corrected chi connectivity index (χ3v) is 3.86. The molecule has 3 atom stereocenters. The summed E-state index contributed by atoms with van der Waals surface area (Å²) in [5.74, 6) is 0.495. The Hall–Kier alpha value is -1.13. The van der Waals surface area contributed by atoms with Gasteiger partial charge in [0, 0.05) is 25.1 Å². The van der Waals surface area contributed by atoms with Crippen LogP contribution in [0.15, 0.2) is 18.2 Å². The molecule has 4 heteroatoms. The van der Waals surface area contributed by atoms with Crippen LogP contribution < -0.4 is 10.1 Å². The molecule has 0 saturated heterocycles. The van der Waals surface area contributed by atoms with Gasteiger partial charge in [-0.1, -0.05) is 0 Å². The maximum atomic E-state index is 13.3. The molecule has 1 aromatic rings. The van der Waals surface area contributed by atoms with Gasteiger partial charge in [0.1, 0.15) is 17.2 Å². The number of hydrogen-bond donors (Lipinski definition) is 1. The van der Waals surface area contributed by atoms with Gasteiger partial charge in [-0.15, -0.1) is 0 Å². The van der Waals surface area contributed by atoms with Gasteiger partial charge in [0.05, 0.1) is 6.10 Å². The average Bonchev–Trinajstić information content (AvgIpc) is 2.37. The molecule has 0 aliphatic carbocycles. The molecule has 1 N–H and O–H groups in total. The van der Waals surface area contributed by atoms with Gasteiger partial charge in [-0.3, -0.25) is 0 Å². The van der Waals surface area contributed by atoms with Crippen molar-refractivity contribution in [2.24, 2.45) is 0 Å². The van der Waals surface area contributed by atoms with Crippen LogP contribution in [0.5, 0.6) is 5.75 Å². The van der Waals surface area contributed by atoms with Crippen molar-refractivity contribution in [3.05, 3.63) is 29.6 Å². The second-order valence-corrected chi connectivity index (χ2v) is 5.02. The van der Waals surface area contributed by atoms with Gasteiger partial charge in [-0.05, 0) is 39.1 Å². The molecular formula is C14H20FNO2. The van der Waals surface area contributed by atoms with Crippen LogP contribution >= 0.6 is 0 Å². The Bertz CT molecular complexity index is 438. The maximum Gasteiger partial charge on any atom is 0.134 e. The highest BCUT2D eigenvalue weighted by Crippen LogP contribution is 2.41.